The minimum absolute atomic E-state index is 0.00941. The first-order valence-electron chi connectivity index (χ1n) is 5.76. The van der Waals surface area contributed by atoms with E-state index >= 15 is 0 Å². The number of aliphatic hydroxyl groups is 1. The molecule has 0 amide bonds. The van der Waals surface area contributed by atoms with Gasteiger partial charge in [-0.25, -0.2) is 9.97 Å². The van der Waals surface area contributed by atoms with Crippen molar-refractivity contribution < 1.29 is 5.11 Å². The summed E-state index contributed by atoms with van der Waals surface area (Å²) in [6, 6.07) is 0. The van der Waals surface area contributed by atoms with E-state index in [0.29, 0.717) is 0 Å². The van der Waals surface area contributed by atoms with Crippen LogP contribution in [0.15, 0.2) is 6.20 Å². The Morgan fingerprint density at radius 2 is 2.25 bits per heavy atom. The Bertz CT molecular complexity index is 381. The van der Waals surface area contributed by atoms with E-state index in [9.17, 15) is 0 Å². The fourth-order valence-corrected chi connectivity index (χ4v) is 1.91. The Kier molecular flexibility index (Phi) is 3.10. The molecule has 0 aliphatic heterocycles. The molecule has 1 aliphatic rings. The van der Waals surface area contributed by atoms with Crippen LogP contribution in [0.5, 0.6) is 0 Å². The summed E-state index contributed by atoms with van der Waals surface area (Å²) in [5.74, 6) is 2.40. The quantitative estimate of drug-likeness (QED) is 0.834. The molecule has 4 heteroatoms. The SMILES string of the molecule is Cc1nc(N(C)CC2CC2C)ncc1CO. The summed E-state index contributed by atoms with van der Waals surface area (Å²) in [5, 5.41) is 9.04. The van der Waals surface area contributed by atoms with Gasteiger partial charge in [0, 0.05) is 31.0 Å². The Morgan fingerprint density at radius 1 is 1.56 bits per heavy atom. The van der Waals surface area contributed by atoms with Gasteiger partial charge >= 0.3 is 0 Å². The molecule has 0 saturated heterocycles. The molecule has 0 spiro atoms. The van der Waals surface area contributed by atoms with E-state index in [1.54, 1.807) is 6.20 Å². The Balaban J connectivity index is 2.05. The maximum Gasteiger partial charge on any atom is 0.225 e. The van der Waals surface area contributed by atoms with Crippen molar-refractivity contribution in [2.75, 3.05) is 18.5 Å². The normalized spacial score (nSPS) is 23.2. The highest BCUT2D eigenvalue weighted by Gasteiger charge is 2.33. The van der Waals surface area contributed by atoms with Crippen molar-refractivity contribution in [3.05, 3.63) is 17.5 Å². The molecule has 0 bridgehead atoms. The summed E-state index contributed by atoms with van der Waals surface area (Å²) in [6.45, 7) is 5.22. The number of aliphatic hydroxyl groups excluding tert-OH is 1. The molecule has 1 heterocycles. The van der Waals surface area contributed by atoms with Crippen LogP contribution in [0.25, 0.3) is 0 Å². The molecule has 1 fully saturated rings. The zero-order valence-corrected chi connectivity index (χ0v) is 10.1. The van der Waals surface area contributed by atoms with Gasteiger partial charge in [0.15, 0.2) is 0 Å². The molecule has 2 unspecified atom stereocenters. The third-order valence-corrected chi connectivity index (χ3v) is 3.36. The maximum atomic E-state index is 9.04. The van der Waals surface area contributed by atoms with Gasteiger partial charge in [0.1, 0.15) is 0 Å². The highest BCUT2D eigenvalue weighted by molar-refractivity contribution is 5.32. The summed E-state index contributed by atoms with van der Waals surface area (Å²) < 4.78 is 0. The molecule has 1 aromatic heterocycles. The molecule has 4 nitrogen and oxygen atoms in total. The van der Waals surface area contributed by atoms with E-state index in [1.807, 2.05) is 14.0 Å². The van der Waals surface area contributed by atoms with Gasteiger partial charge in [0.25, 0.3) is 0 Å². The van der Waals surface area contributed by atoms with Crippen molar-refractivity contribution in [1.82, 2.24) is 9.97 Å². The smallest absolute Gasteiger partial charge is 0.225 e. The van der Waals surface area contributed by atoms with Crippen LogP contribution < -0.4 is 4.90 Å². The number of hydrogen-bond donors (Lipinski definition) is 1. The van der Waals surface area contributed by atoms with Gasteiger partial charge in [-0.05, 0) is 25.2 Å². The Hall–Kier alpha value is -1.16. The molecular formula is C12H19N3O. The first kappa shape index (κ1) is 11.3. The molecule has 16 heavy (non-hydrogen) atoms. The molecular weight excluding hydrogens is 202 g/mol. The fourth-order valence-electron chi connectivity index (χ4n) is 1.91. The molecule has 0 aromatic carbocycles. The average Bonchev–Trinajstić information content (AvgIpc) is 2.94. The van der Waals surface area contributed by atoms with E-state index in [4.69, 9.17) is 5.11 Å². The zero-order valence-electron chi connectivity index (χ0n) is 10.1. The number of anilines is 1. The second kappa shape index (κ2) is 4.37. The Morgan fingerprint density at radius 3 is 2.75 bits per heavy atom. The van der Waals surface area contributed by atoms with Gasteiger partial charge in [0.2, 0.25) is 5.95 Å². The third kappa shape index (κ3) is 2.32. The highest BCUT2D eigenvalue weighted by atomic mass is 16.3. The first-order valence-corrected chi connectivity index (χ1v) is 5.76. The number of rotatable bonds is 4. The average molecular weight is 221 g/mol. The van der Waals surface area contributed by atoms with Gasteiger partial charge in [0.05, 0.1) is 6.61 Å². The second-order valence-electron chi connectivity index (χ2n) is 4.79. The molecule has 1 saturated carbocycles. The molecule has 1 N–H and O–H groups in total. The Labute approximate surface area is 96.3 Å². The van der Waals surface area contributed by atoms with Crippen molar-refractivity contribution in [2.45, 2.75) is 26.9 Å². The lowest BCUT2D eigenvalue weighted by Gasteiger charge is -2.17. The van der Waals surface area contributed by atoms with Crippen LogP contribution in [0.2, 0.25) is 0 Å². The van der Waals surface area contributed by atoms with E-state index in [1.165, 1.54) is 6.42 Å². The van der Waals surface area contributed by atoms with Gasteiger partial charge in [-0.1, -0.05) is 6.92 Å². The van der Waals surface area contributed by atoms with Crippen LogP contribution in [0.3, 0.4) is 0 Å². The van der Waals surface area contributed by atoms with Crippen LogP contribution in [0.4, 0.5) is 5.95 Å². The predicted molar refractivity (Wildman–Crippen MR) is 63.2 cm³/mol. The fraction of sp³-hybridized carbons (Fsp3) is 0.667. The van der Waals surface area contributed by atoms with E-state index in [2.05, 4.69) is 21.8 Å². The van der Waals surface area contributed by atoms with E-state index in [-0.39, 0.29) is 6.61 Å². The lowest BCUT2D eigenvalue weighted by molar-refractivity contribution is 0.280. The predicted octanol–water partition coefficient (Wildman–Crippen LogP) is 1.37. The summed E-state index contributed by atoms with van der Waals surface area (Å²) in [7, 11) is 2.03. The van der Waals surface area contributed by atoms with Gasteiger partial charge in [-0.15, -0.1) is 0 Å². The minimum atomic E-state index is 0.00941. The zero-order chi connectivity index (χ0) is 11.7. The lowest BCUT2D eigenvalue weighted by Crippen LogP contribution is -2.23. The van der Waals surface area contributed by atoms with Crippen molar-refractivity contribution in [2.24, 2.45) is 11.8 Å². The third-order valence-electron chi connectivity index (χ3n) is 3.36. The largest absolute Gasteiger partial charge is 0.392 e. The van der Waals surface area contributed by atoms with Crippen molar-refractivity contribution in [1.29, 1.82) is 0 Å². The topological polar surface area (TPSA) is 49.2 Å². The molecule has 2 atom stereocenters. The molecule has 2 rings (SSSR count). The monoisotopic (exact) mass is 221 g/mol. The molecule has 1 aliphatic carbocycles. The number of nitrogens with zero attached hydrogens (tertiary/aromatic N) is 3. The van der Waals surface area contributed by atoms with Crippen molar-refractivity contribution in [3.8, 4) is 0 Å². The minimum Gasteiger partial charge on any atom is -0.392 e. The van der Waals surface area contributed by atoms with Crippen molar-refractivity contribution in [3.63, 3.8) is 0 Å². The van der Waals surface area contributed by atoms with E-state index < -0.39 is 0 Å². The summed E-state index contributed by atoms with van der Waals surface area (Å²) in [5.41, 5.74) is 1.67. The van der Waals surface area contributed by atoms with Crippen LogP contribution in [0, 0.1) is 18.8 Å². The number of aryl methyl sites for hydroxylation is 1. The van der Waals surface area contributed by atoms with Gasteiger partial charge in [-0.2, -0.15) is 0 Å². The maximum absolute atomic E-state index is 9.04. The van der Waals surface area contributed by atoms with Gasteiger partial charge in [-0.3, -0.25) is 0 Å². The van der Waals surface area contributed by atoms with Crippen LogP contribution in [-0.4, -0.2) is 28.7 Å². The summed E-state index contributed by atoms with van der Waals surface area (Å²) in [4.78, 5) is 10.8. The lowest BCUT2D eigenvalue weighted by atomic mass is 10.2. The molecule has 0 radical (unpaired) electrons. The standard InChI is InChI=1S/C12H19N3O/c1-8-4-10(8)6-15(3)12-13-5-11(7-16)9(2)14-12/h5,8,10,16H,4,6-7H2,1-3H3. The highest BCUT2D eigenvalue weighted by Crippen LogP contribution is 2.38. The molecule has 88 valence electrons. The number of hydrogen-bond acceptors (Lipinski definition) is 4. The van der Waals surface area contributed by atoms with E-state index in [0.717, 1.165) is 35.6 Å². The van der Waals surface area contributed by atoms with Crippen LogP contribution in [-0.2, 0) is 6.61 Å². The van der Waals surface area contributed by atoms with Crippen molar-refractivity contribution >= 4 is 5.95 Å². The molecule has 1 aromatic rings. The summed E-state index contributed by atoms with van der Waals surface area (Å²) >= 11 is 0. The second-order valence-corrected chi connectivity index (χ2v) is 4.79. The first-order chi connectivity index (χ1) is 7.61. The van der Waals surface area contributed by atoms with Crippen LogP contribution >= 0.6 is 0 Å². The van der Waals surface area contributed by atoms with Gasteiger partial charge < -0.3 is 10.0 Å². The summed E-state index contributed by atoms with van der Waals surface area (Å²) in [6.07, 6.45) is 3.03. The number of aromatic nitrogens is 2. The van der Waals surface area contributed by atoms with Crippen LogP contribution in [0.1, 0.15) is 24.6 Å².